The van der Waals surface area contributed by atoms with E-state index < -0.39 is 0 Å². The molecule has 0 saturated carbocycles. The van der Waals surface area contributed by atoms with Crippen LogP contribution in [0.15, 0.2) is 43.0 Å². The highest BCUT2D eigenvalue weighted by molar-refractivity contribution is 8.21. The van der Waals surface area contributed by atoms with Gasteiger partial charge in [-0.1, -0.05) is 36.8 Å². The number of hydrogen-bond acceptors (Lipinski definition) is 3. The van der Waals surface area contributed by atoms with Crippen LogP contribution in [0.25, 0.3) is 0 Å². The van der Waals surface area contributed by atoms with E-state index in [9.17, 15) is 0 Å². The molecule has 0 N–H and O–H groups in total. The van der Waals surface area contributed by atoms with Gasteiger partial charge >= 0.3 is 0 Å². The summed E-state index contributed by atoms with van der Waals surface area (Å²) in [6.45, 7) is 5.56. The smallest absolute Gasteiger partial charge is 0.0945 e. The number of nitrogens with zero attached hydrogens (tertiary/aromatic N) is 2. The van der Waals surface area contributed by atoms with Gasteiger partial charge in [0.2, 0.25) is 0 Å². The van der Waals surface area contributed by atoms with Crippen LogP contribution in [-0.4, -0.2) is 24.6 Å². The molecule has 0 bridgehead atoms. The molecule has 4 heteroatoms. The number of aryl methyl sites for hydroxylation is 2. The zero-order chi connectivity index (χ0) is 14.7. The largest absolute Gasteiger partial charge is 0.337 e. The van der Waals surface area contributed by atoms with Crippen molar-refractivity contribution in [2.24, 2.45) is 0 Å². The Balaban J connectivity index is 1.72. The maximum absolute atomic E-state index is 4.15. The molecular formula is C17H22N2S2. The van der Waals surface area contributed by atoms with Gasteiger partial charge in [-0.2, -0.15) is 0 Å². The van der Waals surface area contributed by atoms with Crippen molar-refractivity contribution >= 4 is 23.5 Å². The Morgan fingerprint density at radius 2 is 2.14 bits per heavy atom. The van der Waals surface area contributed by atoms with E-state index in [0.29, 0.717) is 4.08 Å². The van der Waals surface area contributed by atoms with Gasteiger partial charge in [-0.3, -0.25) is 0 Å². The molecule has 0 aliphatic carbocycles. The Hall–Kier alpha value is -0.870. The standard InChI is InChI=1S/C17H22N2S2/c1-14-3-5-16(6-4-14)11-17(20-12-15(2)21-17)7-9-19-10-8-18-13-19/h3-6,8,10,13,15H,7,9,11-12H2,1-2H3. The molecule has 21 heavy (non-hydrogen) atoms. The molecule has 2 aromatic rings. The van der Waals surface area contributed by atoms with Crippen LogP contribution in [0.5, 0.6) is 0 Å². The van der Waals surface area contributed by atoms with Crippen LogP contribution in [0.2, 0.25) is 0 Å². The highest BCUT2D eigenvalue weighted by Gasteiger charge is 2.38. The Morgan fingerprint density at radius 3 is 2.76 bits per heavy atom. The zero-order valence-electron chi connectivity index (χ0n) is 12.7. The molecule has 1 aliphatic rings. The van der Waals surface area contributed by atoms with Gasteiger partial charge < -0.3 is 4.57 Å². The zero-order valence-corrected chi connectivity index (χ0v) is 14.3. The highest BCUT2D eigenvalue weighted by Crippen LogP contribution is 2.52. The van der Waals surface area contributed by atoms with E-state index in [1.54, 1.807) is 0 Å². The van der Waals surface area contributed by atoms with E-state index in [2.05, 4.69) is 77.4 Å². The van der Waals surface area contributed by atoms with E-state index in [-0.39, 0.29) is 0 Å². The van der Waals surface area contributed by atoms with Gasteiger partial charge in [0.1, 0.15) is 0 Å². The molecule has 0 amide bonds. The minimum Gasteiger partial charge on any atom is -0.337 e. The Morgan fingerprint density at radius 1 is 1.33 bits per heavy atom. The first-order valence-electron chi connectivity index (χ1n) is 7.48. The molecule has 1 fully saturated rings. The van der Waals surface area contributed by atoms with E-state index in [1.165, 1.54) is 23.3 Å². The van der Waals surface area contributed by atoms with Crippen LogP contribution < -0.4 is 0 Å². The van der Waals surface area contributed by atoms with Crippen LogP contribution in [0.4, 0.5) is 0 Å². The van der Waals surface area contributed by atoms with Crippen LogP contribution in [0.3, 0.4) is 0 Å². The summed E-state index contributed by atoms with van der Waals surface area (Å²) in [6.07, 6.45) is 8.20. The topological polar surface area (TPSA) is 17.8 Å². The van der Waals surface area contributed by atoms with E-state index >= 15 is 0 Å². The Kier molecular flexibility index (Phi) is 4.65. The van der Waals surface area contributed by atoms with Crippen molar-refractivity contribution < 1.29 is 0 Å². The molecule has 3 rings (SSSR count). The minimum atomic E-state index is 0.318. The predicted molar refractivity (Wildman–Crippen MR) is 94.0 cm³/mol. The summed E-state index contributed by atoms with van der Waals surface area (Å²) in [7, 11) is 0. The second kappa shape index (κ2) is 6.49. The number of imidazole rings is 1. The molecule has 0 spiro atoms. The van der Waals surface area contributed by atoms with Crippen LogP contribution in [-0.2, 0) is 13.0 Å². The maximum atomic E-state index is 4.15. The number of aromatic nitrogens is 2. The molecule has 1 aromatic carbocycles. The first-order chi connectivity index (χ1) is 10.2. The summed E-state index contributed by atoms with van der Waals surface area (Å²) >= 11 is 4.31. The Labute approximate surface area is 135 Å². The van der Waals surface area contributed by atoms with Gasteiger partial charge in [0, 0.05) is 29.9 Å². The summed E-state index contributed by atoms with van der Waals surface area (Å²) in [5.74, 6) is 1.26. The van der Waals surface area contributed by atoms with E-state index in [0.717, 1.165) is 18.2 Å². The third-order valence-corrected chi connectivity index (χ3v) is 7.64. The van der Waals surface area contributed by atoms with Crippen molar-refractivity contribution in [1.82, 2.24) is 9.55 Å². The van der Waals surface area contributed by atoms with Crippen molar-refractivity contribution in [3.8, 4) is 0 Å². The van der Waals surface area contributed by atoms with E-state index in [4.69, 9.17) is 0 Å². The first kappa shape index (κ1) is 15.0. The van der Waals surface area contributed by atoms with Crippen molar-refractivity contribution in [2.75, 3.05) is 5.75 Å². The summed E-state index contributed by atoms with van der Waals surface area (Å²) < 4.78 is 2.51. The van der Waals surface area contributed by atoms with Crippen molar-refractivity contribution in [1.29, 1.82) is 0 Å². The average Bonchev–Trinajstić information content (AvgIpc) is 3.10. The minimum absolute atomic E-state index is 0.318. The highest BCUT2D eigenvalue weighted by atomic mass is 32.2. The average molecular weight is 319 g/mol. The lowest BCUT2D eigenvalue weighted by molar-refractivity contribution is 0.597. The third kappa shape index (κ3) is 3.86. The van der Waals surface area contributed by atoms with Crippen LogP contribution in [0, 0.1) is 6.92 Å². The summed E-state index contributed by atoms with van der Waals surface area (Å²) in [5.41, 5.74) is 2.80. The lowest BCUT2D eigenvalue weighted by Crippen LogP contribution is -2.23. The number of thioether (sulfide) groups is 2. The van der Waals surface area contributed by atoms with Gasteiger partial charge in [-0.05, 0) is 25.3 Å². The third-order valence-electron chi connectivity index (χ3n) is 3.90. The normalized spacial score (nSPS) is 25.3. The number of benzene rings is 1. The SMILES string of the molecule is Cc1ccc(CC2(CCn3ccnc3)SCC(C)S2)cc1. The molecule has 2 nitrogen and oxygen atoms in total. The van der Waals surface area contributed by atoms with Gasteiger partial charge in [-0.25, -0.2) is 4.98 Å². The second-order valence-electron chi connectivity index (χ2n) is 5.86. The number of rotatable bonds is 5. The van der Waals surface area contributed by atoms with Crippen LogP contribution >= 0.6 is 23.5 Å². The fourth-order valence-electron chi connectivity index (χ4n) is 2.75. The molecule has 2 atom stereocenters. The molecule has 2 unspecified atom stereocenters. The van der Waals surface area contributed by atoms with E-state index in [1.807, 2.05) is 12.5 Å². The monoisotopic (exact) mass is 318 g/mol. The molecule has 1 saturated heterocycles. The maximum Gasteiger partial charge on any atom is 0.0945 e. The van der Waals surface area contributed by atoms with Gasteiger partial charge in [0.05, 0.1) is 10.4 Å². The van der Waals surface area contributed by atoms with Crippen molar-refractivity contribution in [3.05, 3.63) is 54.1 Å². The predicted octanol–water partition coefficient (Wildman–Crippen LogP) is 4.39. The summed E-state index contributed by atoms with van der Waals surface area (Å²) in [6, 6.07) is 9.04. The van der Waals surface area contributed by atoms with Gasteiger partial charge in [0.15, 0.2) is 0 Å². The molecule has 2 heterocycles. The second-order valence-corrected chi connectivity index (χ2v) is 9.35. The summed E-state index contributed by atoms with van der Waals surface area (Å²) in [5, 5.41) is 0.753. The molecule has 0 radical (unpaired) electrons. The summed E-state index contributed by atoms with van der Waals surface area (Å²) in [4.78, 5) is 4.15. The molecule has 1 aromatic heterocycles. The van der Waals surface area contributed by atoms with Crippen molar-refractivity contribution in [2.45, 2.75) is 42.6 Å². The van der Waals surface area contributed by atoms with Gasteiger partial charge in [0.25, 0.3) is 0 Å². The fraction of sp³-hybridized carbons (Fsp3) is 0.471. The lowest BCUT2D eigenvalue weighted by atomic mass is 10.1. The lowest BCUT2D eigenvalue weighted by Gasteiger charge is -2.28. The van der Waals surface area contributed by atoms with Gasteiger partial charge in [-0.15, -0.1) is 23.5 Å². The number of hydrogen-bond donors (Lipinski definition) is 0. The Bertz CT molecular complexity index is 565. The molecule has 1 aliphatic heterocycles. The fourth-order valence-corrected chi connectivity index (χ4v) is 6.43. The molecule has 112 valence electrons. The van der Waals surface area contributed by atoms with Crippen LogP contribution in [0.1, 0.15) is 24.5 Å². The molecular weight excluding hydrogens is 296 g/mol. The first-order valence-corrected chi connectivity index (χ1v) is 9.35. The van der Waals surface area contributed by atoms with Crippen molar-refractivity contribution in [3.63, 3.8) is 0 Å². The quantitative estimate of drug-likeness (QED) is 0.814.